The van der Waals surface area contributed by atoms with Crippen LogP contribution in [-0.2, 0) is 19.1 Å². The van der Waals surface area contributed by atoms with Crippen LogP contribution in [0.3, 0.4) is 0 Å². The maximum absolute atomic E-state index is 13.3. The number of likely N-dealkylation sites (tertiary alicyclic amines) is 1. The van der Waals surface area contributed by atoms with Crippen molar-refractivity contribution in [2.45, 2.75) is 106 Å². The zero-order chi connectivity index (χ0) is 25.3. The van der Waals surface area contributed by atoms with Crippen molar-refractivity contribution in [3.8, 4) is 0 Å². The summed E-state index contributed by atoms with van der Waals surface area (Å²) in [5.41, 5.74) is 0.522. The molecular formula is C27H48N2O4. The zero-order valence-corrected chi connectivity index (χ0v) is 22.4. The van der Waals surface area contributed by atoms with Crippen molar-refractivity contribution in [1.29, 1.82) is 0 Å². The van der Waals surface area contributed by atoms with Crippen LogP contribution < -0.4 is 5.32 Å². The second-order valence-electron chi connectivity index (χ2n) is 10.6. The number of Topliss-reactive ketones (excluding diaryl/α,β-unsaturated/α-hetero) is 1. The third-order valence-electron chi connectivity index (χ3n) is 7.00. The van der Waals surface area contributed by atoms with E-state index in [4.69, 9.17) is 4.74 Å². The first-order valence-corrected chi connectivity index (χ1v) is 12.8. The quantitative estimate of drug-likeness (QED) is 0.333. The van der Waals surface area contributed by atoms with Crippen LogP contribution in [0.5, 0.6) is 0 Å². The number of hydrogen-bond donors (Lipinski definition) is 1. The minimum absolute atomic E-state index is 0.0102. The Hall–Kier alpha value is -1.69. The van der Waals surface area contributed by atoms with Gasteiger partial charge in [-0.3, -0.25) is 14.5 Å². The number of nitrogens with one attached hydrogen (secondary N) is 1. The van der Waals surface area contributed by atoms with E-state index in [9.17, 15) is 14.4 Å². The molecule has 1 fully saturated rings. The fourth-order valence-corrected chi connectivity index (χ4v) is 4.45. The van der Waals surface area contributed by atoms with Gasteiger partial charge in [0.25, 0.3) is 0 Å². The third-order valence-corrected chi connectivity index (χ3v) is 7.00. The highest BCUT2D eigenvalue weighted by molar-refractivity contribution is 5.92. The van der Waals surface area contributed by atoms with E-state index in [1.165, 1.54) is 0 Å². The summed E-state index contributed by atoms with van der Waals surface area (Å²) in [5, 5.41) is 3.11. The Bertz CT molecular complexity index is 684. The maximum Gasteiger partial charge on any atom is 0.333 e. The van der Waals surface area contributed by atoms with Crippen LogP contribution in [0.1, 0.15) is 88.0 Å². The standard InChI is InChI=1S/C27H48N2O4/c1-10-33-27(32)20(8)15-22(18(4)5)16-24(30)25(19(6)7)28-26(31)23-13-11-12-14-29(23)21(9)17(2)3/h15,17-19,21-23,25H,10-14,16H2,1-9H3,(H,28,31)/b20-15+/t21?,22-,23+,25-/m0/s1. The van der Waals surface area contributed by atoms with Crippen molar-refractivity contribution in [3.63, 3.8) is 0 Å². The number of esters is 1. The number of allylic oxidation sites excluding steroid dienone is 1. The van der Waals surface area contributed by atoms with Crippen LogP contribution in [0.4, 0.5) is 0 Å². The highest BCUT2D eigenvalue weighted by Crippen LogP contribution is 2.25. The lowest BCUT2D eigenvalue weighted by Gasteiger charge is -2.41. The summed E-state index contributed by atoms with van der Waals surface area (Å²) in [4.78, 5) is 41.0. The second kappa shape index (κ2) is 13.9. The molecule has 33 heavy (non-hydrogen) atoms. The molecule has 0 aromatic carbocycles. The van der Waals surface area contributed by atoms with Gasteiger partial charge in [0, 0.05) is 18.0 Å². The molecule has 1 N–H and O–H groups in total. The first-order valence-electron chi connectivity index (χ1n) is 12.8. The number of nitrogens with zero attached hydrogens (tertiary/aromatic N) is 1. The molecule has 0 bridgehead atoms. The van der Waals surface area contributed by atoms with Crippen molar-refractivity contribution in [2.24, 2.45) is 23.7 Å². The summed E-state index contributed by atoms with van der Waals surface area (Å²) in [6.07, 6.45) is 5.11. The molecule has 1 heterocycles. The summed E-state index contributed by atoms with van der Waals surface area (Å²) < 4.78 is 5.09. The Labute approximate surface area is 201 Å². The van der Waals surface area contributed by atoms with Gasteiger partial charge in [0.05, 0.1) is 18.7 Å². The van der Waals surface area contributed by atoms with E-state index < -0.39 is 6.04 Å². The van der Waals surface area contributed by atoms with E-state index in [1.807, 2.05) is 33.8 Å². The first-order chi connectivity index (χ1) is 15.4. The average Bonchev–Trinajstić information content (AvgIpc) is 2.75. The van der Waals surface area contributed by atoms with Crippen LogP contribution in [0.25, 0.3) is 0 Å². The SMILES string of the molecule is CCOC(=O)/C(C)=C/[C@@H](CC(=O)[C@@H](NC(=O)[C@H]1CCCCN1C(C)C(C)C)C(C)C)C(C)C. The molecule has 6 nitrogen and oxygen atoms in total. The highest BCUT2D eigenvalue weighted by atomic mass is 16.5. The van der Waals surface area contributed by atoms with Crippen molar-refractivity contribution in [1.82, 2.24) is 10.2 Å². The van der Waals surface area contributed by atoms with Gasteiger partial charge >= 0.3 is 5.97 Å². The van der Waals surface area contributed by atoms with Gasteiger partial charge in [-0.2, -0.15) is 0 Å². The molecule has 0 saturated carbocycles. The minimum atomic E-state index is -0.534. The number of carbonyl (C=O) groups is 3. The van der Waals surface area contributed by atoms with E-state index in [0.717, 1.165) is 25.8 Å². The lowest BCUT2D eigenvalue weighted by Crippen LogP contribution is -2.57. The molecule has 1 unspecified atom stereocenters. The molecule has 1 saturated heterocycles. The van der Waals surface area contributed by atoms with Crippen LogP contribution in [0, 0.1) is 23.7 Å². The molecule has 1 amide bonds. The van der Waals surface area contributed by atoms with Crippen LogP contribution in [0.15, 0.2) is 11.6 Å². The zero-order valence-electron chi connectivity index (χ0n) is 22.4. The van der Waals surface area contributed by atoms with E-state index in [1.54, 1.807) is 13.8 Å². The summed E-state index contributed by atoms with van der Waals surface area (Å²) >= 11 is 0. The smallest absolute Gasteiger partial charge is 0.333 e. The van der Waals surface area contributed by atoms with Gasteiger partial charge in [0.15, 0.2) is 5.78 Å². The number of hydrogen-bond acceptors (Lipinski definition) is 5. The number of rotatable bonds is 12. The van der Waals surface area contributed by atoms with Gasteiger partial charge in [-0.15, -0.1) is 0 Å². The molecule has 1 aliphatic rings. The molecule has 1 aliphatic heterocycles. The number of amides is 1. The van der Waals surface area contributed by atoms with Gasteiger partial charge in [0.1, 0.15) is 0 Å². The van der Waals surface area contributed by atoms with Gasteiger partial charge in [0.2, 0.25) is 5.91 Å². The Morgan fingerprint density at radius 1 is 1.00 bits per heavy atom. The van der Waals surface area contributed by atoms with E-state index >= 15 is 0 Å². The third kappa shape index (κ3) is 8.88. The van der Waals surface area contributed by atoms with E-state index in [2.05, 4.69) is 31.0 Å². The van der Waals surface area contributed by atoms with Crippen molar-refractivity contribution in [3.05, 3.63) is 11.6 Å². The fraction of sp³-hybridized carbons (Fsp3) is 0.815. The van der Waals surface area contributed by atoms with Crippen molar-refractivity contribution in [2.75, 3.05) is 13.2 Å². The minimum Gasteiger partial charge on any atom is -0.463 e. The van der Waals surface area contributed by atoms with Gasteiger partial charge in [-0.1, -0.05) is 54.0 Å². The number of ketones is 1. The molecule has 0 spiro atoms. The lowest BCUT2D eigenvalue weighted by molar-refractivity contribution is -0.138. The largest absolute Gasteiger partial charge is 0.463 e. The van der Waals surface area contributed by atoms with Crippen LogP contribution in [-0.4, -0.2) is 53.8 Å². The molecule has 0 radical (unpaired) electrons. The number of carbonyl (C=O) groups excluding carboxylic acids is 3. The average molecular weight is 465 g/mol. The predicted octanol–water partition coefficient (Wildman–Crippen LogP) is 4.77. The molecule has 0 aromatic rings. The molecule has 6 heteroatoms. The molecule has 0 aromatic heterocycles. The summed E-state index contributed by atoms with van der Waals surface area (Å²) in [5.74, 6) is 0.180. The summed E-state index contributed by atoms with van der Waals surface area (Å²) in [7, 11) is 0. The van der Waals surface area contributed by atoms with E-state index in [-0.39, 0.29) is 47.9 Å². The molecule has 4 atom stereocenters. The second-order valence-corrected chi connectivity index (χ2v) is 10.6. The molecule has 0 aliphatic carbocycles. The highest BCUT2D eigenvalue weighted by Gasteiger charge is 2.35. The topological polar surface area (TPSA) is 75.7 Å². The van der Waals surface area contributed by atoms with Gasteiger partial charge < -0.3 is 10.1 Å². The Morgan fingerprint density at radius 2 is 1.64 bits per heavy atom. The van der Waals surface area contributed by atoms with Crippen LogP contribution in [0.2, 0.25) is 0 Å². The van der Waals surface area contributed by atoms with E-state index in [0.29, 0.717) is 24.1 Å². The maximum atomic E-state index is 13.3. The van der Waals surface area contributed by atoms with Crippen molar-refractivity contribution >= 4 is 17.7 Å². The Balaban J connectivity index is 2.97. The van der Waals surface area contributed by atoms with Crippen molar-refractivity contribution < 1.29 is 19.1 Å². The van der Waals surface area contributed by atoms with Crippen LogP contribution >= 0.6 is 0 Å². The number of ether oxygens (including phenoxy) is 1. The molecule has 190 valence electrons. The first kappa shape index (κ1) is 29.3. The van der Waals surface area contributed by atoms with Gasteiger partial charge in [-0.05, 0) is 63.8 Å². The summed E-state index contributed by atoms with van der Waals surface area (Å²) in [6, 6.07) is -0.402. The lowest BCUT2D eigenvalue weighted by atomic mass is 9.85. The predicted molar refractivity (Wildman–Crippen MR) is 134 cm³/mol. The monoisotopic (exact) mass is 464 g/mol. The normalized spacial score (nSPS) is 20.6. The van der Waals surface area contributed by atoms with Gasteiger partial charge in [-0.25, -0.2) is 4.79 Å². The molecule has 1 rings (SSSR count). The molecular weight excluding hydrogens is 416 g/mol. The number of piperidine rings is 1. The Morgan fingerprint density at radius 3 is 2.15 bits per heavy atom. The Kier molecular flexibility index (Phi) is 12.3. The summed E-state index contributed by atoms with van der Waals surface area (Å²) in [6.45, 7) is 19.4. The fourth-order valence-electron chi connectivity index (χ4n) is 4.45.